The van der Waals surface area contributed by atoms with E-state index >= 15 is 0 Å². The van der Waals surface area contributed by atoms with Crippen LogP contribution in [0.3, 0.4) is 0 Å². The molecule has 26 heavy (non-hydrogen) atoms. The van der Waals surface area contributed by atoms with Crippen LogP contribution in [0, 0.1) is 0 Å². The number of hydrazone groups is 1. The van der Waals surface area contributed by atoms with Crippen molar-refractivity contribution in [2.45, 2.75) is 0 Å². The molecule has 0 aliphatic carbocycles. The van der Waals surface area contributed by atoms with Gasteiger partial charge in [-0.3, -0.25) is 4.79 Å². The van der Waals surface area contributed by atoms with Crippen LogP contribution in [0.25, 0.3) is 6.08 Å². The van der Waals surface area contributed by atoms with Crippen LogP contribution < -0.4 is 5.01 Å². The van der Waals surface area contributed by atoms with E-state index in [-0.39, 0.29) is 5.91 Å². The van der Waals surface area contributed by atoms with Gasteiger partial charge in [0.05, 0.1) is 11.3 Å². The van der Waals surface area contributed by atoms with Gasteiger partial charge in [-0.1, -0.05) is 76.6 Å². The molecule has 126 valence electrons. The summed E-state index contributed by atoms with van der Waals surface area (Å²) >= 11 is 3.48. The van der Waals surface area contributed by atoms with Crippen molar-refractivity contribution in [3.8, 4) is 0 Å². The lowest BCUT2D eigenvalue weighted by Gasteiger charge is -2.10. The van der Waals surface area contributed by atoms with Crippen molar-refractivity contribution in [1.29, 1.82) is 0 Å². The monoisotopic (exact) mass is 402 g/mol. The summed E-state index contributed by atoms with van der Waals surface area (Å²) in [7, 11) is 0. The van der Waals surface area contributed by atoms with Gasteiger partial charge in [0.25, 0.3) is 5.91 Å². The third kappa shape index (κ3) is 3.24. The fourth-order valence-electron chi connectivity index (χ4n) is 2.86. The Hall–Kier alpha value is -2.98. The first kappa shape index (κ1) is 16.5. The SMILES string of the molecule is O=C1/C(=C\c2cccc(Br)c2)C(c2ccccc2)=NN1c1ccccc1. The molecule has 0 aromatic heterocycles. The molecule has 0 fully saturated rings. The van der Waals surface area contributed by atoms with E-state index in [1.807, 2.05) is 91.0 Å². The standard InChI is InChI=1S/C22H15BrN2O/c23-18-11-7-8-16(14-18)15-20-21(17-9-3-1-4-10-17)24-25(22(20)26)19-12-5-2-6-13-19/h1-15H/b20-15-. The number of carbonyl (C=O) groups is 1. The van der Waals surface area contributed by atoms with Crippen molar-refractivity contribution < 1.29 is 4.79 Å². The number of anilines is 1. The molecule has 0 radical (unpaired) electrons. The van der Waals surface area contributed by atoms with Crippen molar-refractivity contribution >= 4 is 39.3 Å². The van der Waals surface area contributed by atoms with E-state index in [0.717, 1.165) is 21.3 Å². The summed E-state index contributed by atoms with van der Waals surface area (Å²) in [6.45, 7) is 0. The van der Waals surface area contributed by atoms with E-state index < -0.39 is 0 Å². The van der Waals surface area contributed by atoms with Crippen LogP contribution in [-0.2, 0) is 4.79 Å². The van der Waals surface area contributed by atoms with Crippen LogP contribution in [0.15, 0.2) is 100 Å². The minimum Gasteiger partial charge on any atom is -0.267 e. The molecule has 1 aliphatic rings. The van der Waals surface area contributed by atoms with E-state index in [4.69, 9.17) is 0 Å². The molecular weight excluding hydrogens is 388 g/mol. The van der Waals surface area contributed by atoms with E-state index in [1.54, 1.807) is 0 Å². The Morgan fingerprint density at radius 3 is 2.23 bits per heavy atom. The van der Waals surface area contributed by atoms with Gasteiger partial charge in [0.1, 0.15) is 5.71 Å². The van der Waals surface area contributed by atoms with Crippen molar-refractivity contribution in [2.24, 2.45) is 5.10 Å². The number of hydrogen-bond acceptors (Lipinski definition) is 2. The van der Waals surface area contributed by atoms with Gasteiger partial charge < -0.3 is 0 Å². The summed E-state index contributed by atoms with van der Waals surface area (Å²) in [5.74, 6) is -0.130. The number of carbonyl (C=O) groups excluding carboxylic acids is 1. The number of benzene rings is 3. The predicted octanol–water partition coefficient (Wildman–Crippen LogP) is 5.28. The number of rotatable bonds is 3. The Morgan fingerprint density at radius 1 is 0.846 bits per heavy atom. The molecule has 3 nitrogen and oxygen atoms in total. The molecule has 3 aromatic carbocycles. The van der Waals surface area contributed by atoms with E-state index in [1.165, 1.54) is 5.01 Å². The first-order chi connectivity index (χ1) is 12.7. The summed E-state index contributed by atoms with van der Waals surface area (Å²) in [5.41, 5.74) is 3.88. The average Bonchev–Trinajstić information content (AvgIpc) is 3.00. The lowest BCUT2D eigenvalue weighted by molar-refractivity contribution is -0.114. The molecule has 1 aliphatic heterocycles. The molecule has 0 spiro atoms. The zero-order chi connectivity index (χ0) is 17.9. The molecule has 1 amide bonds. The lowest BCUT2D eigenvalue weighted by Crippen LogP contribution is -2.21. The zero-order valence-corrected chi connectivity index (χ0v) is 15.4. The van der Waals surface area contributed by atoms with Crippen LogP contribution in [-0.4, -0.2) is 11.6 Å². The molecule has 1 heterocycles. The minimum absolute atomic E-state index is 0.130. The highest BCUT2D eigenvalue weighted by molar-refractivity contribution is 9.10. The van der Waals surface area contributed by atoms with Crippen LogP contribution in [0.5, 0.6) is 0 Å². The highest BCUT2D eigenvalue weighted by atomic mass is 79.9. The van der Waals surface area contributed by atoms with Gasteiger partial charge in [0.15, 0.2) is 0 Å². The zero-order valence-electron chi connectivity index (χ0n) is 13.8. The van der Waals surface area contributed by atoms with Gasteiger partial charge >= 0.3 is 0 Å². The molecule has 0 bridgehead atoms. The summed E-state index contributed by atoms with van der Waals surface area (Å²) in [6, 6.07) is 27.1. The number of amides is 1. The summed E-state index contributed by atoms with van der Waals surface area (Å²) < 4.78 is 0.968. The second-order valence-electron chi connectivity index (χ2n) is 5.88. The second-order valence-corrected chi connectivity index (χ2v) is 6.80. The predicted molar refractivity (Wildman–Crippen MR) is 109 cm³/mol. The molecular formula is C22H15BrN2O. The van der Waals surface area contributed by atoms with Crippen LogP contribution in [0.2, 0.25) is 0 Å². The molecule has 4 rings (SSSR count). The van der Waals surface area contributed by atoms with Crippen LogP contribution in [0.1, 0.15) is 11.1 Å². The Morgan fingerprint density at radius 2 is 1.54 bits per heavy atom. The third-order valence-corrected chi connectivity index (χ3v) is 4.58. The summed E-state index contributed by atoms with van der Waals surface area (Å²) in [4.78, 5) is 13.1. The lowest BCUT2D eigenvalue weighted by atomic mass is 10.0. The maximum atomic E-state index is 13.1. The van der Waals surface area contributed by atoms with Gasteiger partial charge in [-0.25, -0.2) is 0 Å². The molecule has 4 heteroatoms. The summed E-state index contributed by atoms with van der Waals surface area (Å²) in [6.07, 6.45) is 1.89. The summed E-state index contributed by atoms with van der Waals surface area (Å²) in [5, 5.41) is 6.09. The first-order valence-corrected chi connectivity index (χ1v) is 9.03. The van der Waals surface area contributed by atoms with Crippen molar-refractivity contribution in [3.05, 3.63) is 106 Å². The smallest absolute Gasteiger partial charge is 0.267 e. The topological polar surface area (TPSA) is 32.7 Å². The Labute approximate surface area is 160 Å². The van der Waals surface area contributed by atoms with Gasteiger partial charge in [0.2, 0.25) is 0 Å². The quantitative estimate of drug-likeness (QED) is 0.548. The van der Waals surface area contributed by atoms with Crippen LogP contribution >= 0.6 is 15.9 Å². The van der Waals surface area contributed by atoms with Crippen molar-refractivity contribution in [3.63, 3.8) is 0 Å². The highest BCUT2D eigenvalue weighted by Crippen LogP contribution is 2.28. The van der Waals surface area contributed by atoms with Gasteiger partial charge in [-0.05, 0) is 35.9 Å². The first-order valence-electron chi connectivity index (χ1n) is 8.23. The van der Waals surface area contributed by atoms with Crippen molar-refractivity contribution in [2.75, 3.05) is 5.01 Å². The normalized spacial score (nSPS) is 15.4. The van der Waals surface area contributed by atoms with E-state index in [9.17, 15) is 4.79 Å². The molecule has 0 N–H and O–H groups in total. The van der Waals surface area contributed by atoms with E-state index in [0.29, 0.717) is 11.3 Å². The minimum atomic E-state index is -0.130. The molecule has 3 aromatic rings. The Balaban J connectivity index is 1.83. The maximum absolute atomic E-state index is 13.1. The average molecular weight is 403 g/mol. The number of hydrogen-bond donors (Lipinski definition) is 0. The third-order valence-electron chi connectivity index (χ3n) is 4.09. The highest BCUT2D eigenvalue weighted by Gasteiger charge is 2.31. The number of halogens is 1. The molecule has 0 saturated heterocycles. The Kier molecular flexibility index (Phi) is 4.50. The van der Waals surface area contributed by atoms with Crippen LogP contribution in [0.4, 0.5) is 5.69 Å². The maximum Gasteiger partial charge on any atom is 0.281 e. The van der Waals surface area contributed by atoms with Gasteiger partial charge in [-0.2, -0.15) is 10.1 Å². The number of para-hydroxylation sites is 1. The van der Waals surface area contributed by atoms with Gasteiger partial charge in [0, 0.05) is 10.0 Å². The van der Waals surface area contributed by atoms with Crippen molar-refractivity contribution in [1.82, 2.24) is 0 Å². The molecule has 0 atom stereocenters. The van der Waals surface area contributed by atoms with Gasteiger partial charge in [-0.15, -0.1) is 0 Å². The fourth-order valence-corrected chi connectivity index (χ4v) is 3.28. The molecule has 0 saturated carbocycles. The number of nitrogens with zero attached hydrogens (tertiary/aromatic N) is 2. The molecule has 0 unspecified atom stereocenters. The Bertz CT molecular complexity index is 1010. The largest absolute Gasteiger partial charge is 0.281 e. The fraction of sp³-hybridized carbons (Fsp3) is 0. The van der Waals surface area contributed by atoms with E-state index in [2.05, 4.69) is 21.0 Å². The second kappa shape index (κ2) is 7.10.